The summed E-state index contributed by atoms with van der Waals surface area (Å²) >= 11 is 0. The summed E-state index contributed by atoms with van der Waals surface area (Å²) in [6.07, 6.45) is 0.749. The molecule has 0 unspecified atom stereocenters. The molecular weight excluding hydrogens is 359 g/mol. The van der Waals surface area contributed by atoms with Gasteiger partial charge >= 0.3 is 0 Å². The van der Waals surface area contributed by atoms with Crippen LogP contribution in [0, 0.1) is 5.82 Å². The highest BCUT2D eigenvalue weighted by Gasteiger charge is 2.32. The van der Waals surface area contributed by atoms with E-state index in [0.29, 0.717) is 17.9 Å². The van der Waals surface area contributed by atoms with E-state index in [4.69, 9.17) is 4.74 Å². The first-order valence-electron chi connectivity index (χ1n) is 9.42. The van der Waals surface area contributed by atoms with Gasteiger partial charge in [0, 0.05) is 37.3 Å². The SMILES string of the molecule is C[C@@H]1CN(C(=O)COc2cccc(C=O)c2)[C@@H](C)CN1Cc1ccc(F)cc1. The zero-order valence-electron chi connectivity index (χ0n) is 16.2. The standard InChI is InChI=1S/C22H25FN2O3/c1-16-12-25(22(27)15-28-21-5-3-4-19(10-21)14-26)17(2)11-24(16)13-18-6-8-20(23)9-7-18/h3-10,14,16-17H,11-13,15H2,1-2H3/t16-,17+/m1/s1. The number of piperazine rings is 1. The Morgan fingerprint density at radius 1 is 1.14 bits per heavy atom. The van der Waals surface area contributed by atoms with Crippen LogP contribution >= 0.6 is 0 Å². The molecule has 6 heteroatoms. The Hall–Kier alpha value is -2.73. The molecule has 0 aromatic heterocycles. The number of carbonyl (C=O) groups is 2. The van der Waals surface area contributed by atoms with Crippen molar-refractivity contribution in [3.8, 4) is 5.75 Å². The highest BCUT2D eigenvalue weighted by atomic mass is 19.1. The highest BCUT2D eigenvalue weighted by molar-refractivity contribution is 5.78. The van der Waals surface area contributed by atoms with Crippen molar-refractivity contribution in [3.63, 3.8) is 0 Å². The summed E-state index contributed by atoms with van der Waals surface area (Å²) in [5.74, 6) is 0.199. The van der Waals surface area contributed by atoms with Gasteiger partial charge in [-0.15, -0.1) is 0 Å². The molecule has 2 aromatic carbocycles. The molecule has 0 saturated carbocycles. The van der Waals surface area contributed by atoms with E-state index in [2.05, 4.69) is 11.8 Å². The molecular formula is C22H25FN2O3. The van der Waals surface area contributed by atoms with E-state index < -0.39 is 0 Å². The fourth-order valence-corrected chi connectivity index (χ4v) is 3.50. The van der Waals surface area contributed by atoms with Crippen LogP contribution in [0.1, 0.15) is 29.8 Å². The van der Waals surface area contributed by atoms with Crippen LogP contribution in [0.25, 0.3) is 0 Å². The lowest BCUT2D eigenvalue weighted by Gasteiger charge is -2.44. The smallest absolute Gasteiger partial charge is 0.260 e. The second-order valence-electron chi connectivity index (χ2n) is 7.28. The van der Waals surface area contributed by atoms with Crippen LogP contribution < -0.4 is 4.74 Å². The van der Waals surface area contributed by atoms with Crippen molar-refractivity contribution in [2.75, 3.05) is 19.7 Å². The van der Waals surface area contributed by atoms with Crippen LogP contribution in [-0.2, 0) is 11.3 Å². The lowest BCUT2D eigenvalue weighted by Crippen LogP contribution is -2.58. The first kappa shape index (κ1) is 20.0. The third-order valence-corrected chi connectivity index (χ3v) is 5.09. The number of amides is 1. The highest BCUT2D eigenvalue weighted by Crippen LogP contribution is 2.19. The van der Waals surface area contributed by atoms with Crippen molar-refractivity contribution in [2.45, 2.75) is 32.5 Å². The number of halogens is 1. The average Bonchev–Trinajstić information content (AvgIpc) is 2.70. The number of nitrogens with zero attached hydrogens (tertiary/aromatic N) is 2. The molecule has 0 aliphatic carbocycles. The van der Waals surface area contributed by atoms with Gasteiger partial charge in [0.2, 0.25) is 0 Å². The minimum Gasteiger partial charge on any atom is -0.484 e. The van der Waals surface area contributed by atoms with E-state index in [1.54, 1.807) is 36.4 Å². The summed E-state index contributed by atoms with van der Waals surface area (Å²) in [7, 11) is 0. The quantitative estimate of drug-likeness (QED) is 0.718. The average molecular weight is 384 g/mol. The van der Waals surface area contributed by atoms with Gasteiger partial charge in [-0.2, -0.15) is 0 Å². The second kappa shape index (κ2) is 8.97. The minimum absolute atomic E-state index is 0.0501. The molecule has 2 atom stereocenters. The van der Waals surface area contributed by atoms with E-state index >= 15 is 0 Å². The number of rotatable bonds is 6. The van der Waals surface area contributed by atoms with Gasteiger partial charge in [-0.3, -0.25) is 14.5 Å². The lowest BCUT2D eigenvalue weighted by molar-refractivity contribution is -0.139. The summed E-state index contributed by atoms with van der Waals surface area (Å²) < 4.78 is 18.7. The van der Waals surface area contributed by atoms with Crippen molar-refractivity contribution in [1.82, 2.24) is 9.80 Å². The number of aldehydes is 1. The van der Waals surface area contributed by atoms with Gasteiger partial charge in [0.1, 0.15) is 17.9 Å². The van der Waals surface area contributed by atoms with E-state index in [0.717, 1.165) is 24.9 Å². The fourth-order valence-electron chi connectivity index (χ4n) is 3.50. The number of carbonyl (C=O) groups excluding carboxylic acids is 2. The number of hydrogen-bond donors (Lipinski definition) is 0. The van der Waals surface area contributed by atoms with Gasteiger partial charge in [0.05, 0.1) is 0 Å². The molecule has 0 spiro atoms. The molecule has 1 aliphatic rings. The lowest BCUT2D eigenvalue weighted by atomic mass is 10.1. The first-order chi connectivity index (χ1) is 13.5. The first-order valence-corrected chi connectivity index (χ1v) is 9.42. The zero-order chi connectivity index (χ0) is 20.1. The Bertz CT molecular complexity index is 825. The van der Waals surface area contributed by atoms with Crippen LogP contribution in [0.5, 0.6) is 5.75 Å². The Morgan fingerprint density at radius 3 is 2.61 bits per heavy atom. The van der Waals surface area contributed by atoms with Crippen molar-refractivity contribution in [2.24, 2.45) is 0 Å². The van der Waals surface area contributed by atoms with Crippen LogP contribution in [0.4, 0.5) is 4.39 Å². The van der Waals surface area contributed by atoms with Gasteiger partial charge in [-0.05, 0) is 43.7 Å². The normalized spacial score (nSPS) is 20.0. The maximum absolute atomic E-state index is 13.1. The Balaban J connectivity index is 1.56. The molecule has 28 heavy (non-hydrogen) atoms. The third-order valence-electron chi connectivity index (χ3n) is 5.09. The molecule has 0 bridgehead atoms. The summed E-state index contributed by atoms with van der Waals surface area (Å²) in [4.78, 5) is 27.6. The largest absolute Gasteiger partial charge is 0.484 e. The van der Waals surface area contributed by atoms with Gasteiger partial charge in [-0.25, -0.2) is 4.39 Å². The van der Waals surface area contributed by atoms with E-state index in [1.807, 2.05) is 11.8 Å². The molecule has 3 rings (SSSR count). The summed E-state index contributed by atoms with van der Waals surface area (Å²) in [5.41, 5.74) is 1.57. The molecule has 148 valence electrons. The van der Waals surface area contributed by atoms with Crippen molar-refractivity contribution in [1.29, 1.82) is 0 Å². The zero-order valence-corrected chi connectivity index (χ0v) is 16.2. The van der Waals surface area contributed by atoms with Gasteiger partial charge < -0.3 is 9.64 Å². The molecule has 5 nitrogen and oxygen atoms in total. The van der Waals surface area contributed by atoms with Gasteiger partial charge in [0.25, 0.3) is 5.91 Å². The van der Waals surface area contributed by atoms with E-state index in [-0.39, 0.29) is 30.4 Å². The molecule has 0 radical (unpaired) electrons. The van der Waals surface area contributed by atoms with Crippen molar-refractivity contribution >= 4 is 12.2 Å². The number of ether oxygens (including phenoxy) is 1. The van der Waals surface area contributed by atoms with Crippen molar-refractivity contribution in [3.05, 3.63) is 65.5 Å². The summed E-state index contributed by atoms with van der Waals surface area (Å²) in [6.45, 7) is 6.13. The predicted octanol–water partition coefficient (Wildman–Crippen LogP) is 3.14. The maximum Gasteiger partial charge on any atom is 0.260 e. The number of benzene rings is 2. The Labute approximate surface area is 164 Å². The molecule has 1 saturated heterocycles. The summed E-state index contributed by atoms with van der Waals surface area (Å²) in [6, 6.07) is 13.5. The van der Waals surface area contributed by atoms with Gasteiger partial charge in [-0.1, -0.05) is 24.3 Å². The van der Waals surface area contributed by atoms with Crippen LogP contribution in [0.3, 0.4) is 0 Å². The third kappa shape index (κ3) is 4.95. The van der Waals surface area contributed by atoms with Gasteiger partial charge in [0.15, 0.2) is 6.61 Å². The molecule has 1 aliphatic heterocycles. The number of hydrogen-bond acceptors (Lipinski definition) is 4. The monoisotopic (exact) mass is 384 g/mol. The summed E-state index contributed by atoms with van der Waals surface area (Å²) in [5, 5.41) is 0. The van der Waals surface area contributed by atoms with Crippen LogP contribution in [0.2, 0.25) is 0 Å². The Morgan fingerprint density at radius 2 is 1.89 bits per heavy atom. The molecule has 0 N–H and O–H groups in total. The van der Waals surface area contributed by atoms with E-state index in [9.17, 15) is 14.0 Å². The minimum atomic E-state index is -0.237. The maximum atomic E-state index is 13.1. The van der Waals surface area contributed by atoms with Crippen molar-refractivity contribution < 1.29 is 18.7 Å². The fraction of sp³-hybridized carbons (Fsp3) is 0.364. The topological polar surface area (TPSA) is 49.9 Å². The van der Waals surface area contributed by atoms with Crippen LogP contribution in [-0.4, -0.2) is 53.8 Å². The predicted molar refractivity (Wildman–Crippen MR) is 105 cm³/mol. The molecule has 2 aromatic rings. The van der Waals surface area contributed by atoms with Crippen LogP contribution in [0.15, 0.2) is 48.5 Å². The van der Waals surface area contributed by atoms with E-state index in [1.165, 1.54) is 12.1 Å². The Kier molecular flexibility index (Phi) is 6.41. The second-order valence-corrected chi connectivity index (χ2v) is 7.28. The molecule has 1 amide bonds. The molecule has 1 fully saturated rings. The molecule has 1 heterocycles.